The molecule has 20 heavy (non-hydrogen) atoms. The predicted molar refractivity (Wildman–Crippen MR) is 78.0 cm³/mol. The van der Waals surface area contributed by atoms with E-state index >= 15 is 0 Å². The van der Waals surface area contributed by atoms with Crippen LogP contribution in [-0.2, 0) is 0 Å². The van der Waals surface area contributed by atoms with Crippen molar-refractivity contribution in [3.8, 4) is 5.69 Å². The normalized spacial score (nSPS) is 10.5. The first-order valence-corrected chi connectivity index (χ1v) is 7.00. The van der Waals surface area contributed by atoms with Gasteiger partial charge in [0.05, 0.1) is 11.4 Å². The molecule has 0 aliphatic heterocycles. The third kappa shape index (κ3) is 3.44. The number of nitrogens with one attached hydrogen (secondary N) is 1. The summed E-state index contributed by atoms with van der Waals surface area (Å²) in [6, 6.07) is 9.57. The molecule has 2 aromatic rings. The first kappa shape index (κ1) is 14.2. The van der Waals surface area contributed by atoms with Gasteiger partial charge in [0.2, 0.25) is 0 Å². The molecule has 5 heteroatoms. The summed E-state index contributed by atoms with van der Waals surface area (Å²) in [5.74, 6) is -0.152. The van der Waals surface area contributed by atoms with Crippen LogP contribution in [0.5, 0.6) is 0 Å². The third-order valence-corrected chi connectivity index (χ3v) is 3.05. The number of carbonyl (C=O) groups is 1. The number of hydrogen-bond donors (Lipinski definition) is 1. The molecule has 0 spiro atoms. The van der Waals surface area contributed by atoms with Crippen LogP contribution in [0.25, 0.3) is 5.69 Å². The maximum Gasteiger partial charge on any atom is 0.273 e. The van der Waals surface area contributed by atoms with Gasteiger partial charge < -0.3 is 5.32 Å². The van der Waals surface area contributed by atoms with E-state index in [1.807, 2.05) is 30.3 Å². The van der Waals surface area contributed by atoms with E-state index in [0.29, 0.717) is 17.9 Å². The number of para-hydroxylation sites is 1. The summed E-state index contributed by atoms with van der Waals surface area (Å²) in [6.07, 6.45) is 3.25. The number of benzene rings is 1. The first-order valence-electron chi connectivity index (χ1n) is 7.00. The zero-order valence-corrected chi connectivity index (χ0v) is 12.0. The van der Waals surface area contributed by atoms with Gasteiger partial charge in [-0.2, -0.15) is 9.90 Å². The van der Waals surface area contributed by atoms with Crippen LogP contribution in [0.15, 0.2) is 30.3 Å². The number of nitrogens with zero attached hydrogens (tertiary/aromatic N) is 3. The molecule has 0 saturated heterocycles. The molecule has 5 nitrogen and oxygen atoms in total. The number of hydrogen-bond acceptors (Lipinski definition) is 3. The Kier molecular flexibility index (Phi) is 4.87. The molecule has 0 fully saturated rings. The lowest BCUT2D eigenvalue weighted by molar-refractivity contribution is 0.0947. The van der Waals surface area contributed by atoms with E-state index in [0.717, 1.165) is 24.9 Å². The molecule has 0 saturated carbocycles. The molecular weight excluding hydrogens is 252 g/mol. The average Bonchev–Trinajstić information content (AvgIpc) is 2.86. The Morgan fingerprint density at radius 3 is 2.65 bits per heavy atom. The molecule has 1 amide bonds. The summed E-state index contributed by atoms with van der Waals surface area (Å²) >= 11 is 0. The van der Waals surface area contributed by atoms with Gasteiger partial charge in [-0.15, -0.1) is 5.10 Å². The molecule has 106 valence electrons. The highest BCUT2D eigenvalue weighted by Crippen LogP contribution is 2.08. The van der Waals surface area contributed by atoms with E-state index in [9.17, 15) is 4.79 Å². The van der Waals surface area contributed by atoms with Gasteiger partial charge in [-0.25, -0.2) is 0 Å². The maximum absolute atomic E-state index is 12.0. The Labute approximate surface area is 119 Å². The minimum Gasteiger partial charge on any atom is -0.351 e. The Balaban J connectivity index is 2.06. The van der Waals surface area contributed by atoms with Gasteiger partial charge in [0.1, 0.15) is 0 Å². The van der Waals surface area contributed by atoms with Gasteiger partial charge >= 0.3 is 0 Å². The van der Waals surface area contributed by atoms with E-state index in [1.54, 1.807) is 6.92 Å². The third-order valence-electron chi connectivity index (χ3n) is 3.05. The molecule has 0 radical (unpaired) electrons. The standard InChI is InChI=1S/C15H20N4O/c1-3-4-8-11-16-15(20)14-12(2)17-19(18-14)13-9-6-5-7-10-13/h5-7,9-10H,3-4,8,11H2,1-2H3,(H,16,20). The smallest absolute Gasteiger partial charge is 0.273 e. The molecule has 0 unspecified atom stereocenters. The summed E-state index contributed by atoms with van der Waals surface area (Å²) in [5.41, 5.74) is 1.88. The van der Waals surface area contributed by atoms with Crippen LogP contribution in [0.1, 0.15) is 42.4 Å². The van der Waals surface area contributed by atoms with Crippen molar-refractivity contribution in [2.24, 2.45) is 0 Å². The number of rotatable bonds is 6. The molecule has 0 aliphatic rings. The van der Waals surface area contributed by atoms with E-state index in [4.69, 9.17) is 0 Å². The largest absolute Gasteiger partial charge is 0.351 e. The fourth-order valence-electron chi connectivity index (χ4n) is 1.93. The molecular formula is C15H20N4O. The monoisotopic (exact) mass is 272 g/mol. The Morgan fingerprint density at radius 1 is 1.20 bits per heavy atom. The number of aromatic nitrogens is 3. The molecule has 2 rings (SSSR count). The van der Waals surface area contributed by atoms with Crippen molar-refractivity contribution in [2.75, 3.05) is 6.54 Å². The summed E-state index contributed by atoms with van der Waals surface area (Å²) in [4.78, 5) is 13.5. The molecule has 1 heterocycles. The molecule has 0 aliphatic carbocycles. The lowest BCUT2D eigenvalue weighted by Gasteiger charge is -2.02. The summed E-state index contributed by atoms with van der Waals surface area (Å²) in [5, 5.41) is 11.4. The highest BCUT2D eigenvalue weighted by atomic mass is 16.2. The molecule has 1 aromatic carbocycles. The van der Waals surface area contributed by atoms with Crippen LogP contribution in [0.3, 0.4) is 0 Å². The topological polar surface area (TPSA) is 59.8 Å². The Morgan fingerprint density at radius 2 is 1.95 bits per heavy atom. The van der Waals surface area contributed by atoms with Gasteiger partial charge in [0.25, 0.3) is 5.91 Å². The van der Waals surface area contributed by atoms with Crippen molar-refractivity contribution in [3.05, 3.63) is 41.7 Å². The zero-order chi connectivity index (χ0) is 14.4. The minimum absolute atomic E-state index is 0.152. The Bertz CT molecular complexity index is 563. The fraction of sp³-hybridized carbons (Fsp3) is 0.400. The van der Waals surface area contributed by atoms with Crippen LogP contribution in [-0.4, -0.2) is 27.4 Å². The van der Waals surface area contributed by atoms with Crippen LogP contribution < -0.4 is 5.32 Å². The lowest BCUT2D eigenvalue weighted by Crippen LogP contribution is -2.25. The predicted octanol–water partition coefficient (Wildman–Crippen LogP) is 2.50. The van der Waals surface area contributed by atoms with Crippen LogP contribution >= 0.6 is 0 Å². The summed E-state index contributed by atoms with van der Waals surface area (Å²) in [6.45, 7) is 4.62. The molecule has 1 aromatic heterocycles. The van der Waals surface area contributed by atoms with Gasteiger partial charge in [-0.3, -0.25) is 4.79 Å². The first-order chi connectivity index (χ1) is 9.72. The summed E-state index contributed by atoms with van der Waals surface area (Å²) < 4.78 is 0. The number of aryl methyl sites for hydroxylation is 1. The Hall–Kier alpha value is -2.17. The van der Waals surface area contributed by atoms with E-state index in [2.05, 4.69) is 22.4 Å². The van der Waals surface area contributed by atoms with Crippen molar-refractivity contribution in [1.82, 2.24) is 20.3 Å². The van der Waals surface area contributed by atoms with Gasteiger partial charge in [0.15, 0.2) is 5.69 Å². The average molecular weight is 272 g/mol. The molecule has 0 atom stereocenters. The second-order valence-electron chi connectivity index (χ2n) is 4.72. The van der Waals surface area contributed by atoms with Crippen LogP contribution in [0.4, 0.5) is 0 Å². The van der Waals surface area contributed by atoms with E-state index in [-0.39, 0.29) is 5.91 Å². The minimum atomic E-state index is -0.152. The van der Waals surface area contributed by atoms with Crippen molar-refractivity contribution in [2.45, 2.75) is 33.1 Å². The fourth-order valence-corrected chi connectivity index (χ4v) is 1.93. The van der Waals surface area contributed by atoms with Gasteiger partial charge in [-0.1, -0.05) is 38.0 Å². The molecule has 1 N–H and O–H groups in total. The summed E-state index contributed by atoms with van der Waals surface area (Å²) in [7, 11) is 0. The number of amides is 1. The SMILES string of the molecule is CCCCCNC(=O)c1nn(-c2ccccc2)nc1C. The van der Waals surface area contributed by atoms with Crippen LogP contribution in [0, 0.1) is 6.92 Å². The highest BCUT2D eigenvalue weighted by molar-refractivity contribution is 5.93. The van der Waals surface area contributed by atoms with E-state index in [1.165, 1.54) is 4.80 Å². The van der Waals surface area contributed by atoms with Gasteiger partial charge in [0, 0.05) is 6.54 Å². The maximum atomic E-state index is 12.0. The van der Waals surface area contributed by atoms with Crippen molar-refractivity contribution in [3.63, 3.8) is 0 Å². The van der Waals surface area contributed by atoms with Crippen molar-refractivity contribution in [1.29, 1.82) is 0 Å². The second-order valence-corrected chi connectivity index (χ2v) is 4.72. The van der Waals surface area contributed by atoms with Crippen molar-refractivity contribution < 1.29 is 4.79 Å². The van der Waals surface area contributed by atoms with Crippen molar-refractivity contribution >= 4 is 5.91 Å². The zero-order valence-electron chi connectivity index (χ0n) is 12.0. The molecule has 0 bridgehead atoms. The quantitative estimate of drug-likeness (QED) is 0.822. The van der Waals surface area contributed by atoms with Gasteiger partial charge in [-0.05, 0) is 25.5 Å². The number of unbranched alkanes of at least 4 members (excludes halogenated alkanes) is 2. The second kappa shape index (κ2) is 6.84. The lowest BCUT2D eigenvalue weighted by atomic mass is 10.2. The van der Waals surface area contributed by atoms with Crippen LogP contribution in [0.2, 0.25) is 0 Å². The number of carbonyl (C=O) groups excluding carboxylic acids is 1. The van der Waals surface area contributed by atoms with E-state index < -0.39 is 0 Å². The highest BCUT2D eigenvalue weighted by Gasteiger charge is 2.15.